The van der Waals surface area contributed by atoms with E-state index in [1.54, 1.807) is 20.2 Å². The van der Waals surface area contributed by atoms with Gasteiger partial charge >= 0.3 is 0 Å². The third-order valence-corrected chi connectivity index (χ3v) is 8.52. The summed E-state index contributed by atoms with van der Waals surface area (Å²) in [7, 11) is 1.57. The van der Waals surface area contributed by atoms with Crippen molar-refractivity contribution in [3.05, 3.63) is 17.0 Å². The van der Waals surface area contributed by atoms with Gasteiger partial charge in [-0.2, -0.15) is 0 Å². The van der Waals surface area contributed by atoms with Gasteiger partial charge in [-0.15, -0.1) is 11.3 Å². The van der Waals surface area contributed by atoms with Gasteiger partial charge in [-0.1, -0.05) is 6.42 Å². The van der Waals surface area contributed by atoms with E-state index in [-0.39, 0.29) is 0 Å². The Morgan fingerprint density at radius 2 is 2.12 bits per heavy atom. The molecule has 1 aliphatic carbocycles. The molecule has 1 aromatic rings. The van der Waals surface area contributed by atoms with Crippen molar-refractivity contribution < 1.29 is 8.42 Å². The lowest BCUT2D eigenvalue weighted by Gasteiger charge is -2.38. The maximum Gasteiger partial charge on any atom is 0.252 e. The molecule has 6 nitrogen and oxygen atoms in total. The van der Waals surface area contributed by atoms with Gasteiger partial charge in [0.2, 0.25) is 0 Å². The summed E-state index contributed by atoms with van der Waals surface area (Å²) < 4.78 is 25.9. The van der Waals surface area contributed by atoms with Gasteiger partial charge in [0, 0.05) is 39.1 Å². The largest absolute Gasteiger partial charge is 0.351 e. The van der Waals surface area contributed by atoms with Crippen molar-refractivity contribution in [1.29, 1.82) is 0 Å². The Kier molecular flexibility index (Phi) is 4.90. The smallest absolute Gasteiger partial charge is 0.252 e. The highest BCUT2D eigenvalue weighted by Crippen LogP contribution is 2.47. The van der Waals surface area contributed by atoms with Crippen LogP contribution in [0.15, 0.2) is 21.3 Å². The monoisotopic (exact) mass is 370 g/mol. The standard InChI is InChI=1S/C16H26N4O2S2/c1-17-15(20-10-9-16(12-20)7-4-8-16)18-11-13-5-6-14(23-13)24(21,22)19(2)3/h5-6H,4,7-12H2,1-3H3,(H,17,18). The van der Waals surface area contributed by atoms with Crippen LogP contribution in [0.3, 0.4) is 0 Å². The fourth-order valence-corrected chi connectivity index (χ4v) is 5.94. The maximum atomic E-state index is 12.1. The molecule has 0 amide bonds. The Bertz CT molecular complexity index is 720. The van der Waals surface area contributed by atoms with E-state index in [0.717, 1.165) is 23.9 Å². The van der Waals surface area contributed by atoms with Crippen LogP contribution in [0, 0.1) is 5.41 Å². The van der Waals surface area contributed by atoms with Gasteiger partial charge in [-0.3, -0.25) is 4.99 Å². The van der Waals surface area contributed by atoms with Gasteiger partial charge in [-0.25, -0.2) is 12.7 Å². The van der Waals surface area contributed by atoms with E-state index in [4.69, 9.17) is 0 Å². The summed E-state index contributed by atoms with van der Waals surface area (Å²) in [6.07, 6.45) is 5.31. The summed E-state index contributed by atoms with van der Waals surface area (Å²) in [5.74, 6) is 0.921. The van der Waals surface area contributed by atoms with Gasteiger partial charge in [0.05, 0.1) is 6.54 Å². The highest BCUT2D eigenvalue weighted by atomic mass is 32.2. The summed E-state index contributed by atoms with van der Waals surface area (Å²) in [6.45, 7) is 2.76. The highest BCUT2D eigenvalue weighted by molar-refractivity contribution is 7.91. The van der Waals surface area contributed by atoms with E-state index >= 15 is 0 Å². The highest BCUT2D eigenvalue weighted by Gasteiger charge is 2.43. The predicted octanol–water partition coefficient (Wildman–Crippen LogP) is 1.95. The van der Waals surface area contributed by atoms with Crippen LogP contribution in [-0.2, 0) is 16.6 Å². The molecule has 24 heavy (non-hydrogen) atoms. The predicted molar refractivity (Wildman–Crippen MR) is 97.9 cm³/mol. The first-order valence-corrected chi connectivity index (χ1v) is 10.6. The number of guanidine groups is 1. The summed E-state index contributed by atoms with van der Waals surface area (Å²) in [5, 5.41) is 3.39. The van der Waals surface area contributed by atoms with Crippen LogP contribution in [0.1, 0.15) is 30.6 Å². The molecule has 0 bridgehead atoms. The Labute approximate surface area is 148 Å². The van der Waals surface area contributed by atoms with E-state index in [9.17, 15) is 8.42 Å². The SMILES string of the molecule is CN=C(NCc1ccc(S(=O)(=O)N(C)C)s1)N1CCC2(CCC2)C1. The third kappa shape index (κ3) is 3.32. The van der Waals surface area contributed by atoms with Crippen LogP contribution in [-0.4, -0.2) is 57.8 Å². The number of hydrogen-bond acceptors (Lipinski definition) is 4. The fraction of sp³-hybridized carbons (Fsp3) is 0.688. The average Bonchev–Trinajstić information content (AvgIpc) is 3.14. The molecule has 1 aromatic heterocycles. The Morgan fingerprint density at radius 1 is 1.38 bits per heavy atom. The Morgan fingerprint density at radius 3 is 2.67 bits per heavy atom. The second-order valence-electron chi connectivity index (χ2n) is 6.93. The van der Waals surface area contributed by atoms with Crippen LogP contribution >= 0.6 is 11.3 Å². The zero-order valence-electron chi connectivity index (χ0n) is 14.6. The summed E-state index contributed by atoms with van der Waals surface area (Å²) in [5.41, 5.74) is 0.535. The van der Waals surface area contributed by atoms with E-state index in [1.165, 1.54) is 41.3 Å². The maximum absolute atomic E-state index is 12.1. The molecule has 0 unspecified atom stereocenters. The van der Waals surface area contributed by atoms with Gasteiger partial charge in [-0.05, 0) is 36.8 Å². The minimum absolute atomic E-state index is 0.383. The first-order valence-electron chi connectivity index (χ1n) is 8.33. The van der Waals surface area contributed by atoms with Crippen molar-refractivity contribution in [3.63, 3.8) is 0 Å². The third-order valence-electron chi connectivity index (χ3n) is 5.16. The molecular weight excluding hydrogens is 344 g/mol. The molecule has 134 valence electrons. The molecule has 1 aliphatic heterocycles. The van der Waals surface area contributed by atoms with E-state index in [0.29, 0.717) is 16.2 Å². The van der Waals surface area contributed by atoms with Crippen molar-refractivity contribution in [2.75, 3.05) is 34.2 Å². The van der Waals surface area contributed by atoms with E-state index in [1.807, 2.05) is 13.1 Å². The van der Waals surface area contributed by atoms with Gasteiger partial charge in [0.15, 0.2) is 5.96 Å². The first kappa shape index (κ1) is 17.7. The van der Waals surface area contributed by atoms with Crippen LogP contribution in [0.2, 0.25) is 0 Å². The molecule has 8 heteroatoms. The zero-order valence-corrected chi connectivity index (χ0v) is 16.2. The fourth-order valence-electron chi connectivity index (χ4n) is 3.47. The van der Waals surface area contributed by atoms with Crippen LogP contribution < -0.4 is 5.32 Å². The lowest BCUT2D eigenvalue weighted by Crippen LogP contribution is -2.42. The van der Waals surface area contributed by atoms with Crippen molar-refractivity contribution in [2.45, 2.75) is 36.4 Å². The van der Waals surface area contributed by atoms with Gasteiger partial charge in [0.25, 0.3) is 10.0 Å². The van der Waals surface area contributed by atoms with Gasteiger partial charge < -0.3 is 10.2 Å². The normalized spacial score (nSPS) is 20.7. The second-order valence-corrected chi connectivity index (χ2v) is 10.5. The lowest BCUT2D eigenvalue weighted by atomic mass is 9.68. The molecular formula is C16H26N4O2S2. The molecule has 3 rings (SSSR count). The number of thiophene rings is 1. The average molecular weight is 371 g/mol. The molecule has 1 N–H and O–H groups in total. The molecule has 0 radical (unpaired) electrons. The summed E-state index contributed by atoms with van der Waals surface area (Å²) in [4.78, 5) is 7.73. The molecule has 1 saturated heterocycles. The zero-order chi connectivity index (χ0) is 17.4. The minimum atomic E-state index is -3.34. The first-order chi connectivity index (χ1) is 11.4. The molecule has 2 fully saturated rings. The molecule has 2 aliphatic rings. The number of hydrogen-bond donors (Lipinski definition) is 1. The Hall–Kier alpha value is -1.12. The molecule has 1 spiro atoms. The second kappa shape index (κ2) is 6.65. The van der Waals surface area contributed by atoms with Crippen molar-refractivity contribution in [1.82, 2.24) is 14.5 Å². The molecule has 1 saturated carbocycles. The van der Waals surface area contributed by atoms with E-state index in [2.05, 4.69) is 15.2 Å². The van der Waals surface area contributed by atoms with Crippen LogP contribution in [0.4, 0.5) is 0 Å². The lowest BCUT2D eigenvalue weighted by molar-refractivity contribution is 0.151. The van der Waals surface area contributed by atoms with Crippen molar-refractivity contribution >= 4 is 27.3 Å². The number of nitrogens with zero attached hydrogens (tertiary/aromatic N) is 3. The Balaban J connectivity index is 1.60. The number of aliphatic imine (C=N–C) groups is 1. The quantitative estimate of drug-likeness (QED) is 0.650. The number of rotatable bonds is 4. The van der Waals surface area contributed by atoms with E-state index < -0.39 is 10.0 Å². The topological polar surface area (TPSA) is 65.0 Å². The summed E-state index contributed by atoms with van der Waals surface area (Å²) in [6, 6.07) is 3.55. The minimum Gasteiger partial charge on any atom is -0.351 e. The van der Waals surface area contributed by atoms with Gasteiger partial charge in [0.1, 0.15) is 4.21 Å². The molecule has 2 heterocycles. The molecule has 0 atom stereocenters. The number of likely N-dealkylation sites (tertiary alicyclic amines) is 1. The van der Waals surface area contributed by atoms with Crippen LogP contribution in [0.25, 0.3) is 0 Å². The molecule has 0 aromatic carbocycles. The number of sulfonamides is 1. The number of nitrogens with one attached hydrogen (secondary N) is 1. The van der Waals surface area contributed by atoms with Crippen molar-refractivity contribution in [2.24, 2.45) is 10.4 Å². The summed E-state index contributed by atoms with van der Waals surface area (Å²) >= 11 is 1.31. The van der Waals surface area contributed by atoms with Crippen LogP contribution in [0.5, 0.6) is 0 Å². The van der Waals surface area contributed by atoms with Crippen molar-refractivity contribution in [3.8, 4) is 0 Å².